The highest BCUT2D eigenvalue weighted by atomic mass is 16.2. The van der Waals surface area contributed by atoms with Gasteiger partial charge in [-0.05, 0) is 32.4 Å². The molecule has 0 saturated carbocycles. The summed E-state index contributed by atoms with van der Waals surface area (Å²) in [5.41, 5.74) is -0.118. The largest absolute Gasteiger partial charge is 0.354 e. The van der Waals surface area contributed by atoms with Crippen LogP contribution in [0, 0.1) is 0 Å². The second kappa shape index (κ2) is 6.89. The summed E-state index contributed by atoms with van der Waals surface area (Å²) in [6, 6.07) is 5.97. The van der Waals surface area contributed by atoms with Gasteiger partial charge in [-0.1, -0.05) is 13.0 Å². The molecule has 0 bridgehead atoms. The highest BCUT2D eigenvalue weighted by Crippen LogP contribution is 2.12. The first-order valence-electron chi connectivity index (χ1n) is 7.69. The highest BCUT2D eigenvalue weighted by molar-refractivity contribution is 5.78. The van der Waals surface area contributed by atoms with Crippen molar-refractivity contribution in [3.8, 4) is 0 Å². The van der Waals surface area contributed by atoms with Crippen LogP contribution in [0.4, 0.5) is 5.82 Å². The van der Waals surface area contributed by atoms with Crippen molar-refractivity contribution in [2.75, 3.05) is 37.6 Å². The van der Waals surface area contributed by atoms with Crippen LogP contribution in [0.1, 0.15) is 27.2 Å². The molecule has 2 rings (SSSR count). The Morgan fingerprint density at radius 1 is 1.29 bits per heavy atom. The maximum absolute atomic E-state index is 12.1. The second-order valence-electron chi connectivity index (χ2n) is 6.24. The quantitative estimate of drug-likeness (QED) is 0.893. The summed E-state index contributed by atoms with van der Waals surface area (Å²) in [5.74, 6) is 1.14. The fraction of sp³-hybridized carbons (Fsp3) is 0.625. The van der Waals surface area contributed by atoms with Crippen molar-refractivity contribution in [2.45, 2.75) is 32.7 Å². The molecule has 0 radical (unpaired) electrons. The van der Waals surface area contributed by atoms with E-state index in [0.717, 1.165) is 38.4 Å². The normalized spacial score (nSPS) is 16.8. The van der Waals surface area contributed by atoms with Crippen molar-refractivity contribution in [1.82, 2.24) is 15.2 Å². The zero-order valence-electron chi connectivity index (χ0n) is 13.3. The third kappa shape index (κ3) is 4.70. The van der Waals surface area contributed by atoms with Gasteiger partial charge < -0.3 is 10.2 Å². The lowest BCUT2D eigenvalue weighted by Crippen LogP contribution is -2.52. The number of hydrogen-bond donors (Lipinski definition) is 1. The van der Waals surface area contributed by atoms with Gasteiger partial charge in [-0.15, -0.1) is 0 Å². The molecule has 1 fully saturated rings. The van der Waals surface area contributed by atoms with E-state index in [-0.39, 0.29) is 11.4 Å². The van der Waals surface area contributed by atoms with E-state index in [1.807, 2.05) is 24.4 Å². The number of rotatable bonds is 5. The summed E-state index contributed by atoms with van der Waals surface area (Å²) in [6.45, 7) is 10.3. The summed E-state index contributed by atoms with van der Waals surface area (Å²) in [4.78, 5) is 20.9. The maximum atomic E-state index is 12.1. The molecule has 0 aliphatic carbocycles. The van der Waals surface area contributed by atoms with Crippen LogP contribution in [0.3, 0.4) is 0 Å². The Hall–Kier alpha value is -1.62. The van der Waals surface area contributed by atoms with Gasteiger partial charge in [-0.2, -0.15) is 0 Å². The molecule has 1 saturated heterocycles. The Kier molecular flexibility index (Phi) is 5.17. The van der Waals surface area contributed by atoms with E-state index < -0.39 is 0 Å². The Morgan fingerprint density at radius 2 is 2.00 bits per heavy atom. The van der Waals surface area contributed by atoms with Crippen LogP contribution in [0.2, 0.25) is 0 Å². The van der Waals surface area contributed by atoms with Gasteiger partial charge >= 0.3 is 0 Å². The molecular formula is C16H26N4O. The van der Waals surface area contributed by atoms with Gasteiger partial charge in [-0.3, -0.25) is 9.69 Å². The Labute approximate surface area is 127 Å². The van der Waals surface area contributed by atoms with Gasteiger partial charge in [0.05, 0.1) is 6.54 Å². The first-order valence-corrected chi connectivity index (χ1v) is 7.69. The minimum atomic E-state index is -0.118. The average Bonchev–Trinajstić information content (AvgIpc) is 2.48. The summed E-state index contributed by atoms with van der Waals surface area (Å²) >= 11 is 0. The van der Waals surface area contributed by atoms with Crippen molar-refractivity contribution in [3.05, 3.63) is 24.4 Å². The third-order valence-electron chi connectivity index (χ3n) is 4.07. The van der Waals surface area contributed by atoms with E-state index in [4.69, 9.17) is 0 Å². The lowest BCUT2D eigenvalue weighted by molar-refractivity contribution is -0.123. The smallest absolute Gasteiger partial charge is 0.234 e. The zero-order valence-corrected chi connectivity index (χ0v) is 13.3. The van der Waals surface area contributed by atoms with Crippen molar-refractivity contribution in [2.24, 2.45) is 0 Å². The summed E-state index contributed by atoms with van der Waals surface area (Å²) in [5, 5.41) is 3.09. The summed E-state index contributed by atoms with van der Waals surface area (Å²) in [6.07, 6.45) is 2.76. The predicted molar refractivity (Wildman–Crippen MR) is 85.4 cm³/mol. The number of amides is 1. The first-order chi connectivity index (χ1) is 10.00. The van der Waals surface area contributed by atoms with Crippen molar-refractivity contribution < 1.29 is 4.79 Å². The topological polar surface area (TPSA) is 48.5 Å². The number of carbonyl (C=O) groups excluding carboxylic acids is 1. The number of anilines is 1. The van der Waals surface area contributed by atoms with Gasteiger partial charge in [0.2, 0.25) is 5.91 Å². The Bertz CT molecular complexity index is 453. The van der Waals surface area contributed by atoms with Crippen LogP contribution in [0.25, 0.3) is 0 Å². The molecule has 1 amide bonds. The number of carbonyl (C=O) groups is 1. The molecule has 5 heteroatoms. The molecule has 21 heavy (non-hydrogen) atoms. The molecule has 0 unspecified atom stereocenters. The van der Waals surface area contributed by atoms with Gasteiger partial charge in [-0.25, -0.2) is 4.98 Å². The maximum Gasteiger partial charge on any atom is 0.234 e. The van der Waals surface area contributed by atoms with Crippen LogP contribution < -0.4 is 10.2 Å². The van der Waals surface area contributed by atoms with Crippen molar-refractivity contribution in [1.29, 1.82) is 0 Å². The summed E-state index contributed by atoms with van der Waals surface area (Å²) < 4.78 is 0. The molecule has 116 valence electrons. The van der Waals surface area contributed by atoms with Crippen LogP contribution in [0.15, 0.2) is 24.4 Å². The molecular weight excluding hydrogens is 264 g/mol. The third-order valence-corrected chi connectivity index (χ3v) is 4.07. The number of hydrogen-bond acceptors (Lipinski definition) is 4. The number of piperazine rings is 1. The van der Waals surface area contributed by atoms with E-state index in [9.17, 15) is 4.79 Å². The summed E-state index contributed by atoms with van der Waals surface area (Å²) in [7, 11) is 0. The van der Waals surface area contributed by atoms with Crippen LogP contribution >= 0.6 is 0 Å². The van der Waals surface area contributed by atoms with Gasteiger partial charge in [0.15, 0.2) is 0 Å². The van der Waals surface area contributed by atoms with Crippen LogP contribution in [-0.2, 0) is 4.79 Å². The van der Waals surface area contributed by atoms with Gasteiger partial charge in [0, 0.05) is 37.9 Å². The minimum Gasteiger partial charge on any atom is -0.354 e. The molecule has 1 aliphatic heterocycles. The van der Waals surface area contributed by atoms with E-state index in [2.05, 4.69) is 40.9 Å². The lowest BCUT2D eigenvalue weighted by atomic mass is 10.0. The van der Waals surface area contributed by atoms with Crippen LogP contribution in [0.5, 0.6) is 0 Å². The van der Waals surface area contributed by atoms with Crippen LogP contribution in [-0.4, -0.2) is 54.1 Å². The molecule has 1 aliphatic rings. The zero-order chi connectivity index (χ0) is 15.3. The van der Waals surface area contributed by atoms with E-state index in [1.165, 1.54) is 0 Å². The van der Waals surface area contributed by atoms with Gasteiger partial charge in [0.25, 0.3) is 0 Å². The molecule has 1 aromatic rings. The molecule has 5 nitrogen and oxygen atoms in total. The van der Waals surface area contributed by atoms with Crippen molar-refractivity contribution >= 4 is 11.7 Å². The molecule has 0 spiro atoms. The SMILES string of the molecule is CCC(C)(C)NC(=O)CN1CCN(c2ccccn2)CC1. The molecule has 1 N–H and O–H groups in total. The fourth-order valence-corrected chi connectivity index (χ4v) is 2.38. The minimum absolute atomic E-state index is 0.118. The fourth-order valence-electron chi connectivity index (χ4n) is 2.38. The monoisotopic (exact) mass is 290 g/mol. The first kappa shape index (κ1) is 15.8. The molecule has 1 aromatic heterocycles. The van der Waals surface area contributed by atoms with E-state index >= 15 is 0 Å². The molecule has 0 aromatic carbocycles. The Balaban J connectivity index is 1.78. The van der Waals surface area contributed by atoms with E-state index in [0.29, 0.717) is 6.54 Å². The number of nitrogens with one attached hydrogen (secondary N) is 1. The standard InChI is InChI=1S/C16H26N4O/c1-4-16(2,3)18-15(21)13-19-9-11-20(12-10-19)14-7-5-6-8-17-14/h5-8H,4,9-13H2,1-3H3,(H,18,21). The number of aromatic nitrogens is 1. The number of pyridine rings is 1. The number of nitrogens with zero attached hydrogens (tertiary/aromatic N) is 3. The molecule has 2 heterocycles. The van der Waals surface area contributed by atoms with Gasteiger partial charge in [0.1, 0.15) is 5.82 Å². The predicted octanol–water partition coefficient (Wildman–Crippen LogP) is 1.51. The average molecular weight is 290 g/mol. The lowest BCUT2D eigenvalue weighted by Gasteiger charge is -2.35. The highest BCUT2D eigenvalue weighted by Gasteiger charge is 2.22. The van der Waals surface area contributed by atoms with Crippen molar-refractivity contribution in [3.63, 3.8) is 0 Å². The molecule has 0 atom stereocenters. The van der Waals surface area contributed by atoms with E-state index in [1.54, 1.807) is 0 Å². The second-order valence-corrected chi connectivity index (χ2v) is 6.24. The Morgan fingerprint density at radius 3 is 2.57 bits per heavy atom.